The van der Waals surface area contributed by atoms with Crippen LogP contribution in [0, 0.1) is 0 Å². The molecular weight excluding hydrogens is 419 g/mol. The van der Waals surface area contributed by atoms with Gasteiger partial charge in [-0.15, -0.1) is 27.7 Å². The zero-order valence-corrected chi connectivity index (χ0v) is 20.2. The monoisotopic (exact) mass is 449 g/mol. The summed E-state index contributed by atoms with van der Waals surface area (Å²) in [7, 11) is 10.3. The van der Waals surface area contributed by atoms with Gasteiger partial charge in [0.15, 0.2) is 0 Å². The smallest absolute Gasteiger partial charge is 0.268 e. The summed E-state index contributed by atoms with van der Waals surface area (Å²) in [6.45, 7) is 0. The number of aryl methyl sites for hydroxylation is 2. The van der Waals surface area contributed by atoms with E-state index in [0.717, 1.165) is 61.6 Å². The fourth-order valence-corrected chi connectivity index (χ4v) is 4.54. The Morgan fingerprint density at radius 1 is 1.21 bits per heavy atom. The maximum Gasteiger partial charge on any atom is 0.268 e. The second kappa shape index (κ2) is 8.50. The number of hydrogen-bond donors (Lipinski definition) is 2. The quantitative estimate of drug-likeness (QED) is 0.690. The first-order chi connectivity index (χ1) is 13.8. The van der Waals surface area contributed by atoms with Crippen molar-refractivity contribution in [3.05, 3.63) is 47.8 Å². The molecule has 2 aromatic heterocycles. The predicted octanol–water partition coefficient (Wildman–Crippen LogP) is 3.03. The van der Waals surface area contributed by atoms with Gasteiger partial charge in [-0.05, 0) is 50.3 Å². The molecule has 6 nitrogen and oxygen atoms in total. The first kappa shape index (κ1) is 21.0. The molecule has 1 aliphatic heterocycles. The summed E-state index contributed by atoms with van der Waals surface area (Å²) in [4.78, 5) is 17.3. The van der Waals surface area contributed by atoms with Crippen LogP contribution in [0.3, 0.4) is 0 Å². The number of nitrogens with one attached hydrogen (secondary N) is 2. The Kier molecular flexibility index (Phi) is 6.17. The fourth-order valence-electron chi connectivity index (χ4n) is 4.12. The van der Waals surface area contributed by atoms with Gasteiger partial charge in [-0.2, -0.15) is 0 Å². The molecular formula is C20H30N5OP3. The molecule has 1 amide bonds. The molecule has 29 heavy (non-hydrogen) atoms. The van der Waals surface area contributed by atoms with Gasteiger partial charge in [0, 0.05) is 37.9 Å². The third kappa shape index (κ3) is 4.76. The van der Waals surface area contributed by atoms with Crippen molar-refractivity contribution >= 4 is 39.4 Å². The van der Waals surface area contributed by atoms with Crippen molar-refractivity contribution in [3.8, 4) is 0 Å². The molecule has 4 rings (SSSR count). The Hall–Kier alpha value is -1.21. The summed E-state index contributed by atoms with van der Waals surface area (Å²) in [5, 5.41) is 6.93. The van der Waals surface area contributed by atoms with E-state index in [1.807, 2.05) is 29.9 Å². The third-order valence-electron chi connectivity index (χ3n) is 5.78. The van der Waals surface area contributed by atoms with Gasteiger partial charge in [-0.1, -0.05) is 0 Å². The van der Waals surface area contributed by atoms with Gasteiger partial charge in [0.1, 0.15) is 17.3 Å². The van der Waals surface area contributed by atoms with Crippen LogP contribution >= 0.6 is 27.7 Å². The van der Waals surface area contributed by atoms with Crippen molar-refractivity contribution < 1.29 is 4.79 Å². The van der Waals surface area contributed by atoms with Crippen LogP contribution in [0.5, 0.6) is 0 Å². The third-order valence-corrected chi connectivity index (χ3v) is 6.67. The van der Waals surface area contributed by atoms with E-state index in [1.165, 1.54) is 0 Å². The molecule has 3 heterocycles. The molecule has 9 heteroatoms. The fraction of sp³-hybridized carbons (Fsp3) is 0.500. The maximum absolute atomic E-state index is 12.4. The number of aromatic nitrogens is 3. The van der Waals surface area contributed by atoms with Crippen LogP contribution in [0.15, 0.2) is 30.6 Å². The second-order valence-electron chi connectivity index (χ2n) is 8.14. The summed E-state index contributed by atoms with van der Waals surface area (Å²) in [6, 6.07) is 4.44. The molecule has 0 radical (unpaired) electrons. The van der Waals surface area contributed by atoms with Gasteiger partial charge in [0.25, 0.3) is 5.91 Å². The Morgan fingerprint density at radius 2 is 1.93 bits per heavy atom. The van der Waals surface area contributed by atoms with Gasteiger partial charge in [-0.3, -0.25) is 9.36 Å². The molecule has 0 spiro atoms. The van der Waals surface area contributed by atoms with Crippen LogP contribution in [0.1, 0.15) is 54.1 Å². The zero-order valence-electron chi connectivity index (χ0n) is 16.8. The molecule has 1 fully saturated rings. The summed E-state index contributed by atoms with van der Waals surface area (Å²) in [5.74, 6) is 2.28. The molecule has 0 saturated heterocycles. The highest BCUT2D eigenvalue weighted by Gasteiger charge is 2.26. The van der Waals surface area contributed by atoms with Crippen LogP contribution in [0.4, 0.5) is 0 Å². The molecule has 2 N–H and O–H groups in total. The summed E-state index contributed by atoms with van der Waals surface area (Å²) < 4.78 is 3.88. The van der Waals surface area contributed by atoms with E-state index in [-0.39, 0.29) is 16.6 Å². The van der Waals surface area contributed by atoms with Crippen LogP contribution < -0.4 is 10.6 Å². The van der Waals surface area contributed by atoms with Gasteiger partial charge >= 0.3 is 0 Å². The predicted molar refractivity (Wildman–Crippen MR) is 128 cm³/mol. The number of imidazole rings is 1. The molecule has 156 valence electrons. The van der Waals surface area contributed by atoms with Gasteiger partial charge in [0.2, 0.25) is 0 Å². The summed E-state index contributed by atoms with van der Waals surface area (Å²) in [6.07, 6.45) is 12.4. The minimum Gasteiger partial charge on any atom is -0.369 e. The zero-order chi connectivity index (χ0) is 20.6. The first-order valence-electron chi connectivity index (χ1n) is 10.2. The number of allylic oxidation sites excluding steroid dienone is 1. The van der Waals surface area contributed by atoms with Gasteiger partial charge in [0.05, 0.1) is 10.3 Å². The molecule has 2 aromatic rings. The highest BCUT2D eigenvalue weighted by Crippen LogP contribution is 2.44. The number of rotatable bonds is 5. The lowest BCUT2D eigenvalue weighted by Crippen LogP contribution is -2.42. The lowest BCUT2D eigenvalue weighted by molar-refractivity contribution is 0.0916. The minimum absolute atomic E-state index is 0.0234. The number of fused-ring (bicyclic) bond motifs is 1. The molecule has 0 aromatic carbocycles. The molecule has 0 bridgehead atoms. The van der Waals surface area contributed by atoms with Gasteiger partial charge in [-0.25, -0.2) is 4.98 Å². The molecule has 3 unspecified atom stereocenters. The lowest BCUT2D eigenvalue weighted by atomic mass is 9.91. The van der Waals surface area contributed by atoms with Crippen LogP contribution in [0.2, 0.25) is 0 Å². The Balaban J connectivity index is 1.34. The van der Waals surface area contributed by atoms with Crippen molar-refractivity contribution in [2.45, 2.75) is 55.2 Å². The first-order valence-corrected chi connectivity index (χ1v) is 11.9. The normalized spacial score (nSPS) is 22.0. The number of amides is 1. The molecule has 1 saturated carbocycles. The van der Waals surface area contributed by atoms with E-state index >= 15 is 0 Å². The van der Waals surface area contributed by atoms with E-state index < -0.39 is 0 Å². The SMILES string of the molecule is Cn1cccc1C(=O)NC1CCC(NC2=CCCc3nc(C(P)(P)P)cn32)CC1. The molecule has 2 aliphatic rings. The van der Waals surface area contributed by atoms with E-state index in [4.69, 9.17) is 4.98 Å². The number of carbonyl (C=O) groups excluding carboxylic acids is 1. The van der Waals surface area contributed by atoms with Crippen LogP contribution in [-0.2, 0) is 18.1 Å². The van der Waals surface area contributed by atoms with E-state index in [2.05, 4.69) is 55.2 Å². The Morgan fingerprint density at radius 3 is 2.59 bits per heavy atom. The van der Waals surface area contributed by atoms with Crippen molar-refractivity contribution in [2.75, 3.05) is 0 Å². The number of hydrogen-bond acceptors (Lipinski definition) is 3. The topological polar surface area (TPSA) is 63.9 Å². The van der Waals surface area contributed by atoms with Crippen molar-refractivity contribution in [3.63, 3.8) is 0 Å². The molecule has 3 atom stereocenters. The Labute approximate surface area is 179 Å². The highest BCUT2D eigenvalue weighted by atomic mass is 31.1. The summed E-state index contributed by atoms with van der Waals surface area (Å²) >= 11 is 0. The second-order valence-corrected chi connectivity index (χ2v) is 13.0. The van der Waals surface area contributed by atoms with E-state index in [9.17, 15) is 4.79 Å². The van der Waals surface area contributed by atoms with Crippen molar-refractivity contribution in [1.82, 2.24) is 24.8 Å². The average Bonchev–Trinajstić information content (AvgIpc) is 3.30. The average molecular weight is 449 g/mol. The van der Waals surface area contributed by atoms with Crippen molar-refractivity contribution in [1.29, 1.82) is 0 Å². The van der Waals surface area contributed by atoms with Crippen molar-refractivity contribution in [2.24, 2.45) is 7.05 Å². The number of nitrogens with zero attached hydrogens (tertiary/aromatic N) is 3. The lowest BCUT2D eigenvalue weighted by Gasteiger charge is -2.32. The Bertz CT molecular complexity index is 919. The highest BCUT2D eigenvalue weighted by molar-refractivity contribution is 7.56. The summed E-state index contributed by atoms with van der Waals surface area (Å²) in [5.41, 5.74) is 1.75. The van der Waals surface area contributed by atoms with E-state index in [0.29, 0.717) is 6.04 Å². The number of carbonyl (C=O) groups is 1. The standard InChI is InChI=1S/C20H30N5OP3/c1-24-11-3-4-15(24)19(26)22-14-9-7-13(8-10-14)21-17-5-2-6-18-23-16(12-25(17)18)20(27,28)29/h3-5,11-14,21H,2,6-10,27-29H2,1H3,(H,22,26). The van der Waals surface area contributed by atoms with E-state index in [1.54, 1.807) is 0 Å². The minimum atomic E-state index is -0.190. The maximum atomic E-state index is 12.4. The van der Waals surface area contributed by atoms with Crippen LogP contribution in [-0.4, -0.2) is 32.1 Å². The van der Waals surface area contributed by atoms with Crippen LogP contribution in [0.25, 0.3) is 5.82 Å². The van der Waals surface area contributed by atoms with Gasteiger partial charge < -0.3 is 15.2 Å². The largest absolute Gasteiger partial charge is 0.369 e. The molecule has 1 aliphatic carbocycles.